The fourth-order valence-electron chi connectivity index (χ4n) is 7.00. The minimum atomic E-state index is -0.152. The summed E-state index contributed by atoms with van der Waals surface area (Å²) in [4.78, 5) is 2.49. The van der Waals surface area contributed by atoms with Crippen molar-refractivity contribution in [2.24, 2.45) is 0 Å². The molecule has 0 saturated carbocycles. The van der Waals surface area contributed by atoms with Crippen molar-refractivity contribution in [1.29, 1.82) is 5.26 Å². The van der Waals surface area contributed by atoms with Gasteiger partial charge in [0.2, 0.25) is 0 Å². The molecule has 0 N–H and O–H groups in total. The summed E-state index contributed by atoms with van der Waals surface area (Å²) in [5, 5.41) is 16.9. The van der Waals surface area contributed by atoms with E-state index in [0.717, 1.165) is 11.3 Å². The number of para-hydroxylation sites is 2. The number of fused-ring (bicyclic) bond motifs is 6. The molecule has 198 valence electrons. The molecule has 0 atom stereocenters. The van der Waals surface area contributed by atoms with Gasteiger partial charge >= 0.3 is 0 Å². The lowest BCUT2D eigenvalue weighted by molar-refractivity contribution is 0.632. The van der Waals surface area contributed by atoms with Gasteiger partial charge in [0.25, 0.3) is 0 Å². The SMILES string of the molecule is CC1(C)c2ccccc2N(c2c(-c3ccc(C#N)cc3)c3cc4ccccc4cc3c3ccccc23)c2ccccc21. The van der Waals surface area contributed by atoms with Crippen LogP contribution in [0.3, 0.4) is 0 Å². The highest BCUT2D eigenvalue weighted by atomic mass is 15.2. The fraction of sp³-hybridized carbons (Fsp3) is 0.0750. The summed E-state index contributed by atoms with van der Waals surface area (Å²) in [5.41, 5.74) is 8.93. The van der Waals surface area contributed by atoms with Gasteiger partial charge < -0.3 is 4.90 Å². The first-order valence-electron chi connectivity index (χ1n) is 14.4. The van der Waals surface area contributed by atoms with Gasteiger partial charge in [-0.1, -0.05) is 111 Å². The Morgan fingerprint density at radius 1 is 0.548 bits per heavy atom. The van der Waals surface area contributed by atoms with E-state index in [1.807, 2.05) is 12.1 Å². The maximum absolute atomic E-state index is 9.60. The van der Waals surface area contributed by atoms with Crippen molar-refractivity contribution in [1.82, 2.24) is 0 Å². The highest BCUT2D eigenvalue weighted by molar-refractivity contribution is 6.24. The lowest BCUT2D eigenvalue weighted by Crippen LogP contribution is -2.30. The molecule has 1 aliphatic heterocycles. The maximum atomic E-state index is 9.60. The number of nitrogens with zero attached hydrogens (tertiary/aromatic N) is 2. The van der Waals surface area contributed by atoms with Crippen LogP contribution in [0.5, 0.6) is 0 Å². The van der Waals surface area contributed by atoms with Gasteiger partial charge in [-0.15, -0.1) is 0 Å². The Hall–Kier alpha value is -5.39. The third-order valence-corrected chi connectivity index (χ3v) is 9.03. The molecule has 0 bridgehead atoms. The standard InChI is InChI=1S/C40H28N2/c1-40(2)34-15-7-9-17-36(34)42(37-18-10-8-16-35(37)40)39-31-14-6-5-13-30(31)32-23-28-11-3-4-12-29(28)24-33(32)38(39)27-21-19-26(25-41)20-22-27/h3-24H,1-2H3. The van der Waals surface area contributed by atoms with E-state index >= 15 is 0 Å². The lowest BCUT2D eigenvalue weighted by atomic mass is 9.73. The van der Waals surface area contributed by atoms with Crippen LogP contribution in [0.15, 0.2) is 133 Å². The van der Waals surface area contributed by atoms with Gasteiger partial charge in [-0.25, -0.2) is 0 Å². The Morgan fingerprint density at radius 3 is 1.69 bits per heavy atom. The maximum Gasteiger partial charge on any atom is 0.0991 e. The molecule has 0 saturated heterocycles. The second kappa shape index (κ2) is 9.06. The molecule has 42 heavy (non-hydrogen) atoms. The predicted octanol–water partition coefficient (Wildman–Crippen LogP) is 10.8. The fourth-order valence-corrected chi connectivity index (χ4v) is 7.00. The van der Waals surface area contributed by atoms with E-state index < -0.39 is 0 Å². The zero-order valence-electron chi connectivity index (χ0n) is 23.6. The van der Waals surface area contributed by atoms with Crippen molar-refractivity contribution in [2.45, 2.75) is 19.3 Å². The van der Waals surface area contributed by atoms with Crippen molar-refractivity contribution in [2.75, 3.05) is 4.90 Å². The Morgan fingerprint density at radius 2 is 1.07 bits per heavy atom. The molecule has 0 aliphatic carbocycles. The number of hydrogen-bond acceptors (Lipinski definition) is 2. The molecule has 2 nitrogen and oxygen atoms in total. The van der Waals surface area contributed by atoms with Crippen LogP contribution in [0.1, 0.15) is 30.5 Å². The number of nitriles is 1. The van der Waals surface area contributed by atoms with Crippen LogP contribution in [0.2, 0.25) is 0 Å². The molecule has 0 amide bonds. The zero-order valence-corrected chi connectivity index (χ0v) is 23.6. The molecule has 7 aromatic carbocycles. The van der Waals surface area contributed by atoms with E-state index in [9.17, 15) is 5.26 Å². The first kappa shape index (κ1) is 24.4. The van der Waals surface area contributed by atoms with E-state index in [2.05, 4.69) is 146 Å². The highest BCUT2D eigenvalue weighted by Gasteiger charge is 2.38. The molecule has 0 aromatic heterocycles. The predicted molar refractivity (Wildman–Crippen MR) is 176 cm³/mol. The summed E-state index contributed by atoms with van der Waals surface area (Å²) in [5.74, 6) is 0. The molecule has 8 rings (SSSR count). The van der Waals surface area contributed by atoms with Crippen LogP contribution in [-0.4, -0.2) is 0 Å². The van der Waals surface area contributed by atoms with E-state index in [4.69, 9.17) is 0 Å². The second-order valence-electron chi connectivity index (χ2n) is 11.7. The van der Waals surface area contributed by atoms with Gasteiger partial charge in [0, 0.05) is 16.4 Å². The zero-order chi connectivity index (χ0) is 28.4. The molecule has 1 aliphatic rings. The monoisotopic (exact) mass is 536 g/mol. The summed E-state index contributed by atoms with van der Waals surface area (Å²) in [6.07, 6.45) is 0. The Bertz CT molecular complexity index is 2180. The summed E-state index contributed by atoms with van der Waals surface area (Å²) >= 11 is 0. The first-order chi connectivity index (χ1) is 20.6. The van der Waals surface area contributed by atoms with Crippen LogP contribution in [0.25, 0.3) is 43.4 Å². The lowest BCUT2D eigenvalue weighted by Gasteiger charge is -2.43. The number of benzene rings is 7. The second-order valence-corrected chi connectivity index (χ2v) is 11.7. The Balaban J connectivity index is 1.60. The molecule has 2 heteroatoms. The van der Waals surface area contributed by atoms with Gasteiger partial charge in [0.1, 0.15) is 0 Å². The van der Waals surface area contributed by atoms with Crippen LogP contribution in [-0.2, 0) is 5.41 Å². The average Bonchev–Trinajstić information content (AvgIpc) is 3.04. The highest BCUT2D eigenvalue weighted by Crippen LogP contribution is 2.56. The van der Waals surface area contributed by atoms with Gasteiger partial charge in [0.05, 0.1) is 28.7 Å². The first-order valence-corrected chi connectivity index (χ1v) is 14.4. The van der Waals surface area contributed by atoms with E-state index in [0.29, 0.717) is 5.56 Å². The van der Waals surface area contributed by atoms with Crippen molar-refractivity contribution >= 4 is 49.4 Å². The van der Waals surface area contributed by atoms with Crippen LogP contribution in [0.4, 0.5) is 17.1 Å². The van der Waals surface area contributed by atoms with Crippen LogP contribution < -0.4 is 4.90 Å². The van der Waals surface area contributed by atoms with E-state index in [1.165, 1.54) is 60.4 Å². The Labute approximate surface area is 245 Å². The Kier molecular flexibility index (Phi) is 5.27. The molecule has 1 heterocycles. The quantitative estimate of drug-likeness (QED) is 0.162. The molecular formula is C40H28N2. The smallest absolute Gasteiger partial charge is 0.0991 e. The van der Waals surface area contributed by atoms with Crippen molar-refractivity contribution in [3.8, 4) is 17.2 Å². The third-order valence-electron chi connectivity index (χ3n) is 9.03. The largest absolute Gasteiger partial charge is 0.309 e. The molecule has 0 fully saturated rings. The average molecular weight is 537 g/mol. The van der Waals surface area contributed by atoms with Gasteiger partial charge in [-0.05, 0) is 80.0 Å². The third kappa shape index (κ3) is 3.44. The summed E-state index contributed by atoms with van der Waals surface area (Å²) < 4.78 is 0. The minimum absolute atomic E-state index is 0.152. The molecule has 0 unspecified atom stereocenters. The summed E-state index contributed by atoms with van der Waals surface area (Å²) in [7, 11) is 0. The molecular weight excluding hydrogens is 508 g/mol. The van der Waals surface area contributed by atoms with Crippen molar-refractivity contribution in [3.63, 3.8) is 0 Å². The summed E-state index contributed by atoms with van der Waals surface area (Å²) in [6, 6.07) is 50.1. The van der Waals surface area contributed by atoms with Crippen molar-refractivity contribution < 1.29 is 0 Å². The van der Waals surface area contributed by atoms with Gasteiger partial charge in [-0.3, -0.25) is 0 Å². The number of anilines is 3. The van der Waals surface area contributed by atoms with E-state index in [-0.39, 0.29) is 5.41 Å². The minimum Gasteiger partial charge on any atom is -0.309 e. The summed E-state index contributed by atoms with van der Waals surface area (Å²) in [6.45, 7) is 4.66. The number of rotatable bonds is 2. The van der Waals surface area contributed by atoms with Crippen LogP contribution in [0, 0.1) is 11.3 Å². The molecule has 7 aromatic rings. The molecule has 0 radical (unpaired) electrons. The van der Waals surface area contributed by atoms with Crippen LogP contribution >= 0.6 is 0 Å². The normalized spacial score (nSPS) is 13.6. The van der Waals surface area contributed by atoms with E-state index in [1.54, 1.807) is 0 Å². The van der Waals surface area contributed by atoms with Crippen molar-refractivity contribution in [3.05, 3.63) is 150 Å². The molecule has 0 spiro atoms. The number of hydrogen-bond donors (Lipinski definition) is 0. The topological polar surface area (TPSA) is 27.0 Å². The van der Waals surface area contributed by atoms with Gasteiger partial charge in [0.15, 0.2) is 0 Å². The van der Waals surface area contributed by atoms with Gasteiger partial charge in [-0.2, -0.15) is 5.26 Å².